The van der Waals surface area contributed by atoms with Crippen molar-refractivity contribution in [2.24, 2.45) is 0 Å². The summed E-state index contributed by atoms with van der Waals surface area (Å²) < 4.78 is 60.6. The minimum atomic E-state index is -3.92. The van der Waals surface area contributed by atoms with Gasteiger partial charge in [-0.05, 0) is 83.2 Å². The average molecular weight is 641 g/mol. The van der Waals surface area contributed by atoms with Gasteiger partial charge in [-0.2, -0.15) is 8.42 Å². The first-order valence-electron chi connectivity index (χ1n) is 15.0. The minimum absolute atomic E-state index is 0.00605. The van der Waals surface area contributed by atoms with Gasteiger partial charge in [-0.1, -0.05) is 41.9 Å². The van der Waals surface area contributed by atoms with Crippen LogP contribution in [0, 0.1) is 0 Å². The Bertz CT molecular complexity index is 1240. The van der Waals surface area contributed by atoms with Crippen molar-refractivity contribution < 1.29 is 41.4 Å². The molecular formula is C32H45ClO9S. The average Bonchev–Trinajstić information content (AvgIpc) is 2.93. The van der Waals surface area contributed by atoms with Crippen LogP contribution in [0.5, 0.6) is 0 Å². The molecule has 1 N–H and O–H groups in total. The van der Waals surface area contributed by atoms with E-state index in [-0.39, 0.29) is 29.8 Å². The lowest BCUT2D eigenvalue weighted by Crippen LogP contribution is -2.49. The van der Waals surface area contributed by atoms with Gasteiger partial charge in [0.25, 0.3) is 10.1 Å². The van der Waals surface area contributed by atoms with E-state index in [1.807, 2.05) is 44.2 Å². The summed E-state index contributed by atoms with van der Waals surface area (Å²) in [5.74, 6) is -1.67. The molecule has 0 spiro atoms. The molecule has 2 aliphatic heterocycles. The SMILES string of the molecule is CC1(C)O[C@H](CC[C@@H](O)[C@H]2C[C@@H](CCOS(=O)(=O)c3ccc(Cl)cc3)OC(C)(C)O2)C[C@H](CCOCc2ccccc2)O1. The molecule has 2 heterocycles. The van der Waals surface area contributed by atoms with Gasteiger partial charge in [-0.15, -0.1) is 0 Å². The number of ether oxygens (including phenoxy) is 5. The smallest absolute Gasteiger partial charge is 0.296 e. The highest BCUT2D eigenvalue weighted by atomic mass is 35.5. The van der Waals surface area contributed by atoms with Crippen LogP contribution in [-0.2, 0) is 44.6 Å². The van der Waals surface area contributed by atoms with Gasteiger partial charge in [-0.3, -0.25) is 4.18 Å². The molecule has 240 valence electrons. The van der Waals surface area contributed by atoms with Crippen LogP contribution < -0.4 is 0 Å². The van der Waals surface area contributed by atoms with E-state index in [2.05, 4.69) is 0 Å². The third kappa shape index (κ3) is 11.1. The van der Waals surface area contributed by atoms with Crippen LogP contribution in [0.15, 0.2) is 59.5 Å². The molecule has 0 saturated carbocycles. The first-order valence-corrected chi connectivity index (χ1v) is 16.7. The maximum atomic E-state index is 12.5. The molecule has 9 nitrogen and oxygen atoms in total. The third-order valence-corrected chi connectivity index (χ3v) is 9.08. The Morgan fingerprint density at radius 2 is 1.42 bits per heavy atom. The Hall–Kier alpha value is -1.60. The lowest BCUT2D eigenvalue weighted by molar-refractivity contribution is -0.316. The topological polar surface area (TPSA) is 110 Å². The van der Waals surface area contributed by atoms with Crippen molar-refractivity contribution in [2.45, 2.75) is 120 Å². The van der Waals surface area contributed by atoms with Gasteiger partial charge >= 0.3 is 0 Å². The molecule has 2 aromatic carbocycles. The fraction of sp³-hybridized carbons (Fsp3) is 0.625. The Morgan fingerprint density at radius 3 is 2.09 bits per heavy atom. The molecule has 2 fully saturated rings. The van der Waals surface area contributed by atoms with Crippen molar-refractivity contribution in [1.82, 2.24) is 0 Å². The van der Waals surface area contributed by atoms with Crippen molar-refractivity contribution in [3.63, 3.8) is 0 Å². The second-order valence-electron chi connectivity index (χ2n) is 12.1. The van der Waals surface area contributed by atoms with E-state index in [0.29, 0.717) is 50.3 Å². The Morgan fingerprint density at radius 1 is 0.837 bits per heavy atom. The molecule has 4 rings (SSSR count). The molecule has 2 aliphatic rings. The molecular weight excluding hydrogens is 596 g/mol. The van der Waals surface area contributed by atoms with Crippen LogP contribution in [0.1, 0.15) is 71.8 Å². The fourth-order valence-corrected chi connectivity index (χ4v) is 6.66. The van der Waals surface area contributed by atoms with Gasteiger partial charge in [0.2, 0.25) is 0 Å². The summed E-state index contributed by atoms with van der Waals surface area (Å²) in [6, 6.07) is 15.9. The van der Waals surface area contributed by atoms with Crippen LogP contribution >= 0.6 is 11.6 Å². The maximum Gasteiger partial charge on any atom is 0.296 e. The zero-order valence-electron chi connectivity index (χ0n) is 25.4. The van der Waals surface area contributed by atoms with Crippen LogP contribution in [-0.4, -0.2) is 68.8 Å². The summed E-state index contributed by atoms with van der Waals surface area (Å²) >= 11 is 5.86. The van der Waals surface area contributed by atoms with Crippen LogP contribution in [0.25, 0.3) is 0 Å². The number of hydrogen-bond acceptors (Lipinski definition) is 9. The Kier molecular flexibility index (Phi) is 12.1. The molecule has 0 aromatic heterocycles. The Balaban J connectivity index is 1.23. The third-order valence-electron chi connectivity index (χ3n) is 7.50. The molecule has 0 bridgehead atoms. The van der Waals surface area contributed by atoms with Crippen molar-refractivity contribution >= 4 is 21.7 Å². The number of hydrogen-bond donors (Lipinski definition) is 1. The van der Waals surface area contributed by atoms with Crippen LogP contribution in [0.4, 0.5) is 0 Å². The molecule has 5 atom stereocenters. The maximum absolute atomic E-state index is 12.5. The summed E-state index contributed by atoms with van der Waals surface area (Å²) in [4.78, 5) is 0.0406. The summed E-state index contributed by atoms with van der Waals surface area (Å²) in [6.07, 6.45) is 1.69. The second-order valence-corrected chi connectivity index (χ2v) is 14.2. The number of aliphatic hydroxyl groups excluding tert-OH is 1. The normalized spacial score (nSPS) is 26.2. The van der Waals surface area contributed by atoms with Crippen LogP contribution in [0.2, 0.25) is 5.02 Å². The molecule has 0 aliphatic carbocycles. The van der Waals surface area contributed by atoms with Gasteiger partial charge in [-0.25, -0.2) is 0 Å². The second kappa shape index (κ2) is 15.1. The summed E-state index contributed by atoms with van der Waals surface area (Å²) in [6.45, 7) is 8.50. The van der Waals surface area contributed by atoms with Crippen molar-refractivity contribution in [1.29, 1.82) is 0 Å². The van der Waals surface area contributed by atoms with Crippen molar-refractivity contribution in [3.05, 3.63) is 65.2 Å². The van der Waals surface area contributed by atoms with Gasteiger partial charge in [0.15, 0.2) is 11.6 Å². The summed E-state index contributed by atoms with van der Waals surface area (Å²) in [5, 5.41) is 11.6. The van der Waals surface area contributed by atoms with Crippen molar-refractivity contribution in [3.8, 4) is 0 Å². The highest BCUT2D eigenvalue weighted by Gasteiger charge is 2.40. The molecule has 43 heavy (non-hydrogen) atoms. The predicted molar refractivity (Wildman–Crippen MR) is 162 cm³/mol. The van der Waals surface area contributed by atoms with E-state index in [9.17, 15) is 13.5 Å². The van der Waals surface area contributed by atoms with Crippen LogP contribution in [0.3, 0.4) is 0 Å². The standard InChI is InChI=1S/C32H45ClO9S/c1-31(2)39-25(20-26(40-31)16-18-37-22-23-8-6-5-7-9-23)12-15-29(34)30-21-27(41-32(3,4)42-30)17-19-38-43(35,36)28-13-10-24(33)11-14-28/h5-11,13-14,25-27,29-30,34H,12,15-22H2,1-4H3/t25-,26+,27-,29-,30-/m1/s1. The number of aliphatic hydroxyl groups is 1. The van der Waals surface area contributed by atoms with E-state index >= 15 is 0 Å². The minimum Gasteiger partial charge on any atom is -0.390 e. The van der Waals surface area contributed by atoms with E-state index in [4.69, 9.17) is 39.5 Å². The van der Waals surface area contributed by atoms with Gasteiger partial charge < -0.3 is 28.8 Å². The largest absolute Gasteiger partial charge is 0.390 e. The molecule has 2 saturated heterocycles. The summed E-state index contributed by atoms with van der Waals surface area (Å²) in [5.41, 5.74) is 1.14. The Labute approximate surface area is 260 Å². The highest BCUT2D eigenvalue weighted by molar-refractivity contribution is 7.86. The van der Waals surface area contributed by atoms with Gasteiger partial charge in [0, 0.05) is 24.5 Å². The monoisotopic (exact) mass is 640 g/mol. The zero-order valence-corrected chi connectivity index (χ0v) is 27.0. The number of rotatable bonds is 14. The van der Waals surface area contributed by atoms with Gasteiger partial charge in [0.1, 0.15) is 0 Å². The molecule has 0 amide bonds. The van der Waals surface area contributed by atoms with E-state index in [1.54, 1.807) is 13.8 Å². The van der Waals surface area contributed by atoms with Gasteiger partial charge in [0.05, 0.1) is 48.6 Å². The predicted octanol–water partition coefficient (Wildman–Crippen LogP) is 6.00. The lowest BCUT2D eigenvalue weighted by atomic mass is 9.95. The molecule has 11 heteroatoms. The number of halogens is 1. The highest BCUT2D eigenvalue weighted by Crippen LogP contribution is 2.34. The fourth-order valence-electron chi connectivity index (χ4n) is 5.62. The van der Waals surface area contributed by atoms with Crippen molar-refractivity contribution in [2.75, 3.05) is 13.2 Å². The van der Waals surface area contributed by atoms with E-state index in [1.165, 1.54) is 24.3 Å². The quantitative estimate of drug-likeness (QED) is 0.196. The van der Waals surface area contributed by atoms with E-state index in [0.717, 1.165) is 12.0 Å². The summed E-state index contributed by atoms with van der Waals surface area (Å²) in [7, 11) is -3.92. The molecule has 0 unspecified atom stereocenters. The first-order chi connectivity index (χ1) is 20.3. The zero-order chi connectivity index (χ0) is 31.1. The number of benzene rings is 2. The molecule has 2 aromatic rings. The first kappa shape index (κ1) is 34.3. The lowest BCUT2D eigenvalue weighted by Gasteiger charge is -2.43. The van der Waals surface area contributed by atoms with E-state index < -0.39 is 33.9 Å². The molecule has 0 radical (unpaired) electrons.